The molecule has 0 spiro atoms. The maximum Gasteiger partial charge on any atom is 0.271 e. The van der Waals surface area contributed by atoms with Gasteiger partial charge in [-0.3, -0.25) is 15.5 Å². The van der Waals surface area contributed by atoms with Gasteiger partial charge in [0.1, 0.15) is 5.15 Å². The van der Waals surface area contributed by atoms with Crippen LogP contribution in [-0.2, 0) is 0 Å². The van der Waals surface area contributed by atoms with Crippen molar-refractivity contribution in [1.29, 1.82) is 0 Å². The van der Waals surface area contributed by atoms with Gasteiger partial charge in [0, 0.05) is 23.1 Å². The Morgan fingerprint density at radius 1 is 1.25 bits per heavy atom. The van der Waals surface area contributed by atoms with Gasteiger partial charge in [0.15, 0.2) is 0 Å². The first-order valence-corrected chi connectivity index (χ1v) is 7.51. The van der Waals surface area contributed by atoms with E-state index in [9.17, 15) is 10.1 Å². The van der Waals surface area contributed by atoms with Crippen LogP contribution < -0.4 is 5.43 Å². The van der Waals surface area contributed by atoms with Gasteiger partial charge in [0.2, 0.25) is 0 Å². The van der Waals surface area contributed by atoms with Gasteiger partial charge in [0.25, 0.3) is 5.69 Å². The quantitative estimate of drug-likeness (QED) is 0.327. The summed E-state index contributed by atoms with van der Waals surface area (Å²) >= 11 is 6.18. The predicted octanol–water partition coefficient (Wildman–Crippen LogP) is 4.55. The zero-order chi connectivity index (χ0) is 17.1. The van der Waals surface area contributed by atoms with E-state index in [0.717, 1.165) is 16.5 Å². The highest BCUT2D eigenvalue weighted by molar-refractivity contribution is 6.32. The lowest BCUT2D eigenvalue weighted by Gasteiger charge is -2.03. The Morgan fingerprint density at radius 2 is 2.08 bits per heavy atom. The molecule has 24 heavy (non-hydrogen) atoms. The highest BCUT2D eigenvalue weighted by Gasteiger charge is 2.05. The third-order valence-corrected chi connectivity index (χ3v) is 3.71. The molecule has 0 unspecified atom stereocenters. The molecule has 1 heterocycles. The SMILES string of the molecule is Cc1ccc2cc(/C=N\Nc3cccc([N+](=O)[O-])c3)c(Cl)nc2c1. The standard InChI is InChI=1S/C17H13ClN4O2/c1-11-5-6-12-8-13(17(18)20-16(12)7-11)10-19-21-14-3-2-4-15(9-14)22(23)24/h2-10,21H,1H3/b19-10-. The summed E-state index contributed by atoms with van der Waals surface area (Å²) < 4.78 is 0. The van der Waals surface area contributed by atoms with E-state index in [1.165, 1.54) is 18.3 Å². The Kier molecular flexibility index (Phi) is 4.39. The summed E-state index contributed by atoms with van der Waals surface area (Å²) in [5.41, 5.74) is 5.85. The number of aromatic nitrogens is 1. The lowest BCUT2D eigenvalue weighted by atomic mass is 10.1. The molecule has 0 bridgehead atoms. The van der Waals surface area contributed by atoms with Crippen molar-refractivity contribution in [3.05, 3.63) is 74.9 Å². The first kappa shape index (κ1) is 15.9. The number of nitro benzene ring substituents is 1. The number of nitro groups is 1. The summed E-state index contributed by atoms with van der Waals surface area (Å²) in [6.45, 7) is 1.99. The summed E-state index contributed by atoms with van der Waals surface area (Å²) in [5.74, 6) is 0. The molecule has 0 aliphatic carbocycles. The van der Waals surface area contributed by atoms with Gasteiger partial charge in [-0.05, 0) is 30.7 Å². The first-order chi connectivity index (χ1) is 11.5. The van der Waals surface area contributed by atoms with Gasteiger partial charge >= 0.3 is 0 Å². The maximum absolute atomic E-state index is 10.8. The van der Waals surface area contributed by atoms with Gasteiger partial charge in [-0.1, -0.05) is 29.8 Å². The summed E-state index contributed by atoms with van der Waals surface area (Å²) in [5, 5.41) is 16.1. The monoisotopic (exact) mass is 340 g/mol. The van der Waals surface area contributed by atoms with Crippen LogP contribution in [0.4, 0.5) is 11.4 Å². The second kappa shape index (κ2) is 6.64. The number of aryl methyl sites for hydroxylation is 1. The third-order valence-electron chi connectivity index (χ3n) is 3.41. The summed E-state index contributed by atoms with van der Waals surface area (Å²) in [6.07, 6.45) is 1.54. The topological polar surface area (TPSA) is 80.4 Å². The third kappa shape index (κ3) is 3.49. The molecule has 3 aromatic rings. The van der Waals surface area contributed by atoms with Crippen molar-refractivity contribution in [3.63, 3.8) is 0 Å². The molecular formula is C17H13ClN4O2. The normalized spacial score (nSPS) is 11.1. The Labute approximate surface area is 142 Å². The lowest BCUT2D eigenvalue weighted by Crippen LogP contribution is -1.94. The number of non-ortho nitro benzene ring substituents is 1. The van der Waals surface area contributed by atoms with E-state index in [0.29, 0.717) is 16.4 Å². The molecule has 0 saturated carbocycles. The molecule has 2 aromatic carbocycles. The Balaban J connectivity index is 1.83. The number of nitrogens with one attached hydrogen (secondary N) is 1. The average Bonchev–Trinajstić information content (AvgIpc) is 2.55. The van der Waals surface area contributed by atoms with Gasteiger partial charge in [-0.2, -0.15) is 5.10 Å². The molecule has 1 aromatic heterocycles. The largest absolute Gasteiger partial charge is 0.278 e. The first-order valence-electron chi connectivity index (χ1n) is 7.13. The molecule has 0 fully saturated rings. The second-order valence-corrected chi connectivity index (χ2v) is 5.60. The number of hydrazone groups is 1. The number of hydrogen-bond acceptors (Lipinski definition) is 5. The minimum Gasteiger partial charge on any atom is -0.278 e. The van der Waals surface area contributed by atoms with Crippen molar-refractivity contribution >= 4 is 40.1 Å². The molecule has 0 saturated heterocycles. The zero-order valence-corrected chi connectivity index (χ0v) is 13.5. The van der Waals surface area contributed by atoms with E-state index >= 15 is 0 Å². The Morgan fingerprint density at radius 3 is 2.88 bits per heavy atom. The number of pyridine rings is 1. The fraction of sp³-hybridized carbons (Fsp3) is 0.0588. The number of hydrogen-bond donors (Lipinski definition) is 1. The van der Waals surface area contributed by atoms with Crippen molar-refractivity contribution in [2.24, 2.45) is 5.10 Å². The van der Waals surface area contributed by atoms with E-state index in [1.807, 2.05) is 31.2 Å². The lowest BCUT2D eigenvalue weighted by molar-refractivity contribution is -0.384. The Hall–Kier alpha value is -2.99. The molecule has 7 heteroatoms. The zero-order valence-electron chi connectivity index (χ0n) is 12.7. The number of fused-ring (bicyclic) bond motifs is 1. The molecular weight excluding hydrogens is 328 g/mol. The van der Waals surface area contributed by atoms with Crippen LogP contribution in [0.3, 0.4) is 0 Å². The van der Waals surface area contributed by atoms with Crippen LogP contribution in [0.5, 0.6) is 0 Å². The maximum atomic E-state index is 10.8. The molecule has 0 radical (unpaired) electrons. The summed E-state index contributed by atoms with van der Waals surface area (Å²) in [6, 6.07) is 13.9. The number of rotatable bonds is 4. The Bertz CT molecular complexity index is 956. The van der Waals surface area contributed by atoms with Crippen LogP contribution in [0, 0.1) is 17.0 Å². The fourth-order valence-corrected chi connectivity index (χ4v) is 2.42. The minimum atomic E-state index is -0.457. The van der Waals surface area contributed by atoms with E-state index in [4.69, 9.17) is 11.6 Å². The molecule has 3 rings (SSSR count). The van der Waals surface area contributed by atoms with E-state index in [1.54, 1.807) is 12.1 Å². The van der Waals surface area contributed by atoms with E-state index < -0.39 is 4.92 Å². The number of benzene rings is 2. The van der Waals surface area contributed by atoms with Crippen molar-refractivity contribution in [3.8, 4) is 0 Å². The average molecular weight is 341 g/mol. The second-order valence-electron chi connectivity index (χ2n) is 5.24. The van der Waals surface area contributed by atoms with Crippen molar-refractivity contribution in [1.82, 2.24) is 4.98 Å². The molecule has 0 aliphatic heterocycles. The van der Waals surface area contributed by atoms with Gasteiger partial charge in [-0.15, -0.1) is 0 Å². The van der Waals surface area contributed by atoms with Gasteiger partial charge in [0.05, 0.1) is 22.3 Å². The van der Waals surface area contributed by atoms with E-state index in [2.05, 4.69) is 15.5 Å². The van der Waals surface area contributed by atoms with Crippen LogP contribution in [-0.4, -0.2) is 16.1 Å². The summed E-state index contributed by atoms with van der Waals surface area (Å²) in [4.78, 5) is 14.7. The highest BCUT2D eigenvalue weighted by Crippen LogP contribution is 2.21. The minimum absolute atomic E-state index is 0.00373. The predicted molar refractivity (Wildman–Crippen MR) is 95.8 cm³/mol. The summed E-state index contributed by atoms with van der Waals surface area (Å²) in [7, 11) is 0. The molecule has 6 nitrogen and oxygen atoms in total. The molecule has 120 valence electrons. The van der Waals surface area contributed by atoms with E-state index in [-0.39, 0.29) is 5.69 Å². The molecule has 0 amide bonds. The molecule has 0 aliphatic rings. The van der Waals surface area contributed by atoms with Crippen molar-refractivity contribution in [2.45, 2.75) is 6.92 Å². The molecule has 0 atom stereocenters. The van der Waals surface area contributed by atoms with Crippen LogP contribution in [0.25, 0.3) is 10.9 Å². The number of anilines is 1. The smallest absolute Gasteiger partial charge is 0.271 e. The number of halogens is 1. The highest BCUT2D eigenvalue weighted by atomic mass is 35.5. The van der Waals surface area contributed by atoms with Crippen molar-refractivity contribution < 1.29 is 4.92 Å². The molecule has 1 N–H and O–H groups in total. The fourth-order valence-electron chi connectivity index (χ4n) is 2.23. The van der Waals surface area contributed by atoms with Crippen molar-refractivity contribution in [2.75, 3.05) is 5.43 Å². The van der Waals surface area contributed by atoms with Gasteiger partial charge < -0.3 is 0 Å². The van der Waals surface area contributed by atoms with Crippen LogP contribution in [0.1, 0.15) is 11.1 Å². The van der Waals surface area contributed by atoms with Crippen LogP contribution in [0.15, 0.2) is 53.6 Å². The van der Waals surface area contributed by atoms with Gasteiger partial charge in [-0.25, -0.2) is 4.98 Å². The number of nitrogens with zero attached hydrogens (tertiary/aromatic N) is 3. The van der Waals surface area contributed by atoms with Crippen LogP contribution in [0.2, 0.25) is 5.15 Å². The van der Waals surface area contributed by atoms with Crippen LogP contribution >= 0.6 is 11.6 Å².